The molecule has 0 aromatic heterocycles. The quantitative estimate of drug-likeness (QED) is 0.0771. The van der Waals surface area contributed by atoms with Gasteiger partial charge < -0.3 is 15.1 Å². The molecule has 65 heavy (non-hydrogen) atoms. The van der Waals surface area contributed by atoms with Gasteiger partial charge in [-0.3, -0.25) is 9.69 Å². The zero-order valence-corrected chi connectivity index (χ0v) is 39.3. The lowest BCUT2D eigenvalue weighted by Gasteiger charge is -2.72. The summed E-state index contributed by atoms with van der Waals surface area (Å²) in [5, 5.41) is 3.00. The molecule has 3 aromatic rings. The highest BCUT2D eigenvalue weighted by Gasteiger charge is 2.73. The highest BCUT2D eigenvalue weighted by molar-refractivity contribution is 7.99. The third kappa shape index (κ3) is 10.3. The molecule has 6 aliphatic rings. The second-order valence-corrected chi connectivity index (χ2v) is 24.2. The molecular formula is C47H58F5N5O5S3. The first-order valence-corrected chi connectivity index (χ1v) is 26.4. The van der Waals surface area contributed by atoms with Crippen molar-refractivity contribution >= 4 is 48.9 Å². The van der Waals surface area contributed by atoms with Crippen LogP contribution in [0.4, 0.5) is 33.3 Å². The second-order valence-electron chi connectivity index (χ2n) is 19.6. The van der Waals surface area contributed by atoms with Gasteiger partial charge in [0.25, 0.3) is 25.8 Å². The van der Waals surface area contributed by atoms with Gasteiger partial charge in [-0.05, 0) is 136 Å². The van der Waals surface area contributed by atoms with Crippen molar-refractivity contribution in [2.45, 2.75) is 104 Å². The molecule has 354 valence electrons. The average molecular weight is 964 g/mol. The first-order valence-electron chi connectivity index (χ1n) is 22.4. The third-order valence-electron chi connectivity index (χ3n) is 14.3. The fourth-order valence-corrected chi connectivity index (χ4v) is 13.6. The van der Waals surface area contributed by atoms with Crippen molar-refractivity contribution in [3.63, 3.8) is 0 Å². The Morgan fingerprint density at radius 3 is 2.14 bits per heavy atom. The minimum absolute atomic E-state index is 0.0175. The second kappa shape index (κ2) is 18.4. The highest BCUT2D eigenvalue weighted by Crippen LogP contribution is 2.79. The molecule has 3 aromatic carbocycles. The van der Waals surface area contributed by atoms with E-state index in [1.807, 2.05) is 35.1 Å². The SMILES string of the molecule is CC1(C)CCC(CN2CCN(c3ccc(C(=O)NS(=O)(=O)c4ccc(N[C@H](CCN5CCCC5)CSc5ccccc5)c(S(=O)(=O)C(F)(F)F)c4)cc3)CC2)=C(C23CC(C(F)F)(C2)C3)C1. The Balaban J connectivity index is 0.915. The van der Waals surface area contributed by atoms with Crippen LogP contribution >= 0.6 is 11.8 Å². The van der Waals surface area contributed by atoms with Crippen molar-refractivity contribution in [1.29, 1.82) is 0 Å². The van der Waals surface area contributed by atoms with Crippen LogP contribution in [0.15, 0.2) is 98.6 Å². The van der Waals surface area contributed by atoms with Gasteiger partial charge in [-0.15, -0.1) is 11.8 Å². The summed E-state index contributed by atoms with van der Waals surface area (Å²) in [6.45, 7) is 10.8. The summed E-state index contributed by atoms with van der Waals surface area (Å²) in [5.74, 6) is -0.644. The van der Waals surface area contributed by atoms with Gasteiger partial charge in [0.05, 0.1) is 10.6 Å². The van der Waals surface area contributed by atoms with E-state index in [0.717, 1.165) is 87.5 Å². The molecular weight excluding hydrogens is 906 g/mol. The Bertz CT molecular complexity index is 2450. The Kier molecular flexibility index (Phi) is 13.5. The summed E-state index contributed by atoms with van der Waals surface area (Å²) in [6.07, 6.45) is 5.15. The van der Waals surface area contributed by atoms with E-state index in [4.69, 9.17) is 0 Å². The van der Waals surface area contributed by atoms with Gasteiger partial charge in [-0.2, -0.15) is 13.2 Å². The average Bonchev–Trinajstić information content (AvgIpc) is 3.76. The number of halogens is 5. The van der Waals surface area contributed by atoms with Gasteiger partial charge in [0, 0.05) is 72.6 Å². The molecule has 1 amide bonds. The number of rotatable bonds is 17. The van der Waals surface area contributed by atoms with Crippen molar-refractivity contribution in [2.24, 2.45) is 16.2 Å². The Morgan fingerprint density at radius 1 is 0.846 bits per heavy atom. The number of hydrogen-bond donors (Lipinski definition) is 2. The van der Waals surface area contributed by atoms with Crippen molar-refractivity contribution < 1.29 is 43.6 Å². The van der Waals surface area contributed by atoms with E-state index >= 15 is 0 Å². The number of carbonyl (C=O) groups is 1. The fraction of sp³-hybridized carbons (Fsp3) is 0.553. The van der Waals surface area contributed by atoms with Crippen LogP contribution in [0.3, 0.4) is 0 Å². The van der Waals surface area contributed by atoms with E-state index in [-0.39, 0.29) is 22.1 Å². The number of anilines is 2. The Labute approximate surface area is 383 Å². The smallest absolute Gasteiger partial charge is 0.380 e. The molecule has 4 aliphatic carbocycles. The number of likely N-dealkylation sites (tertiary alicyclic amines) is 1. The van der Waals surface area contributed by atoms with Gasteiger partial charge >= 0.3 is 5.51 Å². The first kappa shape index (κ1) is 47.8. The molecule has 10 nitrogen and oxygen atoms in total. The molecule has 2 N–H and O–H groups in total. The van der Waals surface area contributed by atoms with Gasteiger partial charge in [0.15, 0.2) is 0 Å². The summed E-state index contributed by atoms with van der Waals surface area (Å²) in [6, 6.07) is 17.7. The highest BCUT2D eigenvalue weighted by atomic mass is 32.2. The summed E-state index contributed by atoms with van der Waals surface area (Å²) in [5.41, 5.74) is -3.13. The number of hydrogen-bond acceptors (Lipinski definition) is 10. The predicted octanol–water partition coefficient (Wildman–Crippen LogP) is 9.22. The zero-order valence-electron chi connectivity index (χ0n) is 36.8. The van der Waals surface area contributed by atoms with E-state index in [2.05, 4.69) is 33.9 Å². The van der Waals surface area contributed by atoms with Crippen molar-refractivity contribution in [3.05, 3.63) is 89.5 Å². The number of carbonyl (C=O) groups excluding carboxylic acids is 1. The first-order chi connectivity index (χ1) is 30.7. The van der Waals surface area contributed by atoms with Crippen molar-refractivity contribution in [3.8, 4) is 0 Å². The number of amides is 1. The fourth-order valence-electron chi connectivity index (χ4n) is 10.6. The summed E-state index contributed by atoms with van der Waals surface area (Å²) >= 11 is 1.46. The number of thioether (sulfide) groups is 1. The molecule has 0 radical (unpaired) electrons. The van der Waals surface area contributed by atoms with Gasteiger partial charge in [0.2, 0.25) is 6.43 Å². The van der Waals surface area contributed by atoms with Crippen molar-refractivity contribution in [2.75, 3.05) is 68.3 Å². The van der Waals surface area contributed by atoms with Crippen LogP contribution in [0.1, 0.15) is 82.0 Å². The van der Waals surface area contributed by atoms with E-state index in [1.165, 1.54) is 35.0 Å². The number of sulfonamides is 1. The zero-order chi connectivity index (χ0) is 46.4. The number of piperazine rings is 1. The van der Waals surface area contributed by atoms with E-state index in [0.29, 0.717) is 57.1 Å². The lowest BCUT2D eigenvalue weighted by Crippen LogP contribution is -2.66. The molecule has 2 saturated heterocycles. The van der Waals surface area contributed by atoms with E-state index in [9.17, 15) is 43.6 Å². The van der Waals surface area contributed by atoms with Crippen LogP contribution in [0.5, 0.6) is 0 Å². The molecule has 9 rings (SSSR count). The molecule has 0 spiro atoms. The minimum atomic E-state index is -6.04. The van der Waals surface area contributed by atoms with Crippen LogP contribution in [0.2, 0.25) is 0 Å². The summed E-state index contributed by atoms with van der Waals surface area (Å²) in [4.78, 5) is 19.0. The number of benzene rings is 3. The molecule has 3 saturated carbocycles. The topological polar surface area (TPSA) is 119 Å². The van der Waals surface area contributed by atoms with Crippen LogP contribution in [-0.4, -0.2) is 109 Å². The van der Waals surface area contributed by atoms with Gasteiger partial charge in [-0.25, -0.2) is 30.3 Å². The van der Waals surface area contributed by atoms with Crippen molar-refractivity contribution in [1.82, 2.24) is 14.5 Å². The molecule has 0 unspecified atom stereocenters. The number of allylic oxidation sites excluding steroid dienone is 1. The van der Waals surface area contributed by atoms with E-state index < -0.39 is 58.9 Å². The number of alkyl halides is 5. The number of sulfone groups is 1. The normalized spacial score (nSPS) is 24.4. The molecule has 2 aliphatic heterocycles. The van der Waals surface area contributed by atoms with Crippen LogP contribution < -0.4 is 14.9 Å². The maximum Gasteiger partial charge on any atom is 0.501 e. The lowest BCUT2D eigenvalue weighted by molar-refractivity contribution is -0.250. The van der Waals surface area contributed by atoms with Gasteiger partial charge in [0.1, 0.15) is 4.90 Å². The number of nitrogens with zero attached hydrogens (tertiary/aromatic N) is 3. The molecule has 2 heterocycles. The molecule has 2 bridgehead atoms. The number of nitrogens with one attached hydrogen (secondary N) is 2. The summed E-state index contributed by atoms with van der Waals surface area (Å²) < 4.78 is 125. The monoisotopic (exact) mass is 963 g/mol. The Hall–Kier alpha value is -3.71. The third-order valence-corrected chi connectivity index (χ3v) is 18.3. The van der Waals surface area contributed by atoms with Crippen LogP contribution in [0, 0.1) is 16.2 Å². The predicted molar refractivity (Wildman–Crippen MR) is 244 cm³/mol. The summed E-state index contributed by atoms with van der Waals surface area (Å²) in [7, 11) is -10.9. The van der Waals surface area contributed by atoms with E-state index in [1.54, 1.807) is 12.1 Å². The lowest BCUT2D eigenvalue weighted by atomic mass is 9.32. The van der Waals surface area contributed by atoms with Crippen LogP contribution in [0.25, 0.3) is 0 Å². The molecule has 1 atom stereocenters. The largest absolute Gasteiger partial charge is 0.501 e. The molecule has 18 heteroatoms. The van der Waals surface area contributed by atoms with Gasteiger partial charge in [-0.1, -0.05) is 43.2 Å². The maximum atomic E-state index is 14.2. The van der Waals surface area contributed by atoms with Crippen LogP contribution in [-0.2, 0) is 19.9 Å². The minimum Gasteiger partial charge on any atom is -0.380 e. The standard InChI is InChI=1S/C47H58F5N5O5S3/c1-44(2)18-16-34(39(27-44)45-30-46(31-45,32-45)43(48)49)28-56-22-24-57(25-23-56)36-12-10-33(11-13-36)42(58)54-65(61,62)38-14-15-40(41(26-38)64(59,60)47(50,51)52)53-35(17-21-55-19-6-7-20-55)29-63-37-8-4-3-5-9-37/h3-5,8-15,26,35,43,53H,6-7,16-25,27-32H2,1-2H3,(H,54,58)/t35-,45?,46?/m1/s1. The Morgan fingerprint density at radius 2 is 1.51 bits per heavy atom. The maximum absolute atomic E-state index is 14.2. The molecule has 5 fully saturated rings.